The molecule has 0 spiro atoms. The molecule has 0 saturated heterocycles. The normalized spacial score (nSPS) is 10.5. The molecular weight excluding hydrogens is 158 g/mol. The highest BCUT2D eigenvalue weighted by Crippen LogP contribution is 1.91. The number of carboxylic acids is 1. The molecule has 0 aromatic heterocycles. The summed E-state index contributed by atoms with van der Waals surface area (Å²) in [4.78, 5) is 11.9. The third kappa shape index (κ3) is 5.73. The van der Waals surface area contributed by atoms with Gasteiger partial charge >= 0.3 is 5.97 Å². The summed E-state index contributed by atoms with van der Waals surface area (Å²) >= 11 is 0. The summed E-state index contributed by atoms with van der Waals surface area (Å²) in [6.45, 7) is 3.30. The second kappa shape index (κ2) is 6.67. The minimum Gasteiger partial charge on any atom is -0.478 e. The minimum absolute atomic E-state index is 0.0456. The van der Waals surface area contributed by atoms with Crippen molar-refractivity contribution in [3.8, 4) is 0 Å². The zero-order chi connectivity index (χ0) is 9.40. The minimum atomic E-state index is -0.964. The van der Waals surface area contributed by atoms with Crippen LogP contribution in [-0.4, -0.2) is 40.8 Å². The van der Waals surface area contributed by atoms with Crippen LogP contribution in [0.4, 0.5) is 0 Å². The summed E-state index contributed by atoms with van der Waals surface area (Å²) in [5.74, 6) is -0.964. The number of aliphatic carboxylic acids is 1. The van der Waals surface area contributed by atoms with Gasteiger partial charge in [-0.05, 0) is 6.42 Å². The number of carboxylic acid groups (broad SMARTS) is 1. The number of aliphatic hydroxyl groups excluding tert-OH is 1. The topological polar surface area (TPSA) is 60.8 Å². The molecule has 0 radical (unpaired) electrons. The molecule has 0 fully saturated rings. The summed E-state index contributed by atoms with van der Waals surface area (Å²) in [5.41, 5.74) is 0. The van der Waals surface area contributed by atoms with Gasteiger partial charge in [0.2, 0.25) is 0 Å². The molecule has 0 atom stereocenters. The Bertz CT molecular complexity index is 150. The summed E-state index contributed by atoms with van der Waals surface area (Å²) in [6.07, 6.45) is 3.50. The van der Waals surface area contributed by atoms with Crippen molar-refractivity contribution in [3.63, 3.8) is 0 Å². The van der Waals surface area contributed by atoms with Crippen LogP contribution in [0.3, 0.4) is 0 Å². The molecule has 0 rings (SSSR count). The van der Waals surface area contributed by atoms with Crippen molar-refractivity contribution in [1.82, 2.24) is 4.90 Å². The van der Waals surface area contributed by atoms with Gasteiger partial charge in [-0.1, -0.05) is 6.92 Å². The Kier molecular flexibility index (Phi) is 6.09. The van der Waals surface area contributed by atoms with Gasteiger partial charge in [0.1, 0.15) is 0 Å². The van der Waals surface area contributed by atoms with Crippen molar-refractivity contribution < 1.29 is 15.0 Å². The second-order valence-electron chi connectivity index (χ2n) is 2.41. The van der Waals surface area contributed by atoms with Gasteiger partial charge in [-0.2, -0.15) is 0 Å². The fraction of sp³-hybridized carbons (Fsp3) is 0.625. The van der Waals surface area contributed by atoms with Crippen LogP contribution in [0, 0.1) is 0 Å². The van der Waals surface area contributed by atoms with E-state index in [9.17, 15) is 4.79 Å². The summed E-state index contributed by atoms with van der Waals surface area (Å²) < 4.78 is 0. The van der Waals surface area contributed by atoms with Gasteiger partial charge in [-0.25, -0.2) is 4.79 Å². The molecular formula is C8H15NO3. The molecule has 0 aromatic carbocycles. The van der Waals surface area contributed by atoms with E-state index in [1.54, 1.807) is 4.90 Å². The van der Waals surface area contributed by atoms with Crippen LogP contribution >= 0.6 is 0 Å². The predicted octanol–water partition coefficient (Wildman–Crippen LogP) is 0.289. The van der Waals surface area contributed by atoms with Crippen molar-refractivity contribution in [2.45, 2.75) is 13.3 Å². The molecule has 0 aliphatic rings. The van der Waals surface area contributed by atoms with Gasteiger partial charge in [0.25, 0.3) is 0 Å². The molecule has 0 aromatic rings. The van der Waals surface area contributed by atoms with E-state index in [1.165, 1.54) is 6.20 Å². The summed E-state index contributed by atoms with van der Waals surface area (Å²) in [7, 11) is 0. The lowest BCUT2D eigenvalue weighted by Crippen LogP contribution is -2.22. The van der Waals surface area contributed by atoms with E-state index in [0.717, 1.165) is 19.0 Å². The maximum Gasteiger partial charge on any atom is 0.329 e. The first-order valence-corrected chi connectivity index (χ1v) is 3.96. The average Bonchev–Trinajstić information content (AvgIpc) is 2.01. The van der Waals surface area contributed by atoms with E-state index in [1.807, 2.05) is 6.92 Å². The SMILES string of the molecule is CCCN(C=CC(=O)O)CCO. The standard InChI is InChI=1S/C8H15NO3/c1-2-4-9(6-7-10)5-3-8(11)12/h3,5,10H,2,4,6-7H2,1H3,(H,11,12). The lowest BCUT2D eigenvalue weighted by Gasteiger charge is -2.17. The molecule has 4 heteroatoms. The molecule has 12 heavy (non-hydrogen) atoms. The van der Waals surface area contributed by atoms with Crippen molar-refractivity contribution in [3.05, 3.63) is 12.3 Å². The number of carbonyl (C=O) groups is 1. The molecule has 0 bridgehead atoms. The molecule has 0 saturated carbocycles. The lowest BCUT2D eigenvalue weighted by molar-refractivity contribution is -0.131. The quantitative estimate of drug-likeness (QED) is 0.567. The Morgan fingerprint density at radius 3 is 2.58 bits per heavy atom. The molecule has 4 nitrogen and oxygen atoms in total. The van der Waals surface area contributed by atoms with Crippen LogP contribution in [0.5, 0.6) is 0 Å². The van der Waals surface area contributed by atoms with Crippen LogP contribution < -0.4 is 0 Å². The Hall–Kier alpha value is -1.03. The smallest absolute Gasteiger partial charge is 0.329 e. The first kappa shape index (κ1) is 11.0. The average molecular weight is 173 g/mol. The van der Waals surface area contributed by atoms with Crippen LogP contribution in [0.1, 0.15) is 13.3 Å². The van der Waals surface area contributed by atoms with Crippen molar-refractivity contribution in [2.75, 3.05) is 19.7 Å². The van der Waals surface area contributed by atoms with E-state index in [-0.39, 0.29) is 6.61 Å². The number of hydrogen-bond acceptors (Lipinski definition) is 3. The van der Waals surface area contributed by atoms with Crippen LogP contribution in [0.15, 0.2) is 12.3 Å². The zero-order valence-electron chi connectivity index (χ0n) is 7.23. The van der Waals surface area contributed by atoms with E-state index in [4.69, 9.17) is 10.2 Å². The van der Waals surface area contributed by atoms with Gasteiger partial charge in [0.05, 0.1) is 6.61 Å². The zero-order valence-corrected chi connectivity index (χ0v) is 7.23. The first-order chi connectivity index (χ1) is 5.70. The van der Waals surface area contributed by atoms with E-state index in [2.05, 4.69) is 0 Å². The van der Waals surface area contributed by atoms with E-state index < -0.39 is 5.97 Å². The van der Waals surface area contributed by atoms with E-state index in [0.29, 0.717) is 6.54 Å². The van der Waals surface area contributed by atoms with Crippen molar-refractivity contribution in [2.24, 2.45) is 0 Å². The van der Waals surface area contributed by atoms with Crippen LogP contribution in [0.25, 0.3) is 0 Å². The Balaban J connectivity index is 3.84. The molecule has 0 aliphatic carbocycles. The van der Waals surface area contributed by atoms with Crippen LogP contribution in [0.2, 0.25) is 0 Å². The monoisotopic (exact) mass is 173 g/mol. The molecule has 70 valence electrons. The van der Waals surface area contributed by atoms with Gasteiger partial charge in [0, 0.05) is 25.4 Å². The van der Waals surface area contributed by atoms with Crippen LogP contribution in [-0.2, 0) is 4.79 Å². The number of nitrogens with zero attached hydrogens (tertiary/aromatic N) is 1. The molecule has 0 aliphatic heterocycles. The largest absolute Gasteiger partial charge is 0.478 e. The first-order valence-electron chi connectivity index (χ1n) is 3.96. The number of hydrogen-bond donors (Lipinski definition) is 2. The molecule has 0 heterocycles. The highest BCUT2D eigenvalue weighted by Gasteiger charge is 1.96. The third-order valence-corrected chi connectivity index (χ3v) is 1.33. The van der Waals surface area contributed by atoms with E-state index >= 15 is 0 Å². The third-order valence-electron chi connectivity index (χ3n) is 1.33. The maximum atomic E-state index is 10.1. The highest BCUT2D eigenvalue weighted by molar-refractivity contribution is 5.79. The number of aliphatic hydroxyl groups is 1. The second-order valence-corrected chi connectivity index (χ2v) is 2.41. The van der Waals surface area contributed by atoms with Gasteiger partial charge in [-0.15, -0.1) is 0 Å². The van der Waals surface area contributed by atoms with Gasteiger partial charge in [-0.3, -0.25) is 0 Å². The predicted molar refractivity (Wildman–Crippen MR) is 45.7 cm³/mol. The highest BCUT2D eigenvalue weighted by atomic mass is 16.4. The Morgan fingerprint density at radius 1 is 1.50 bits per heavy atom. The molecule has 0 unspecified atom stereocenters. The Morgan fingerprint density at radius 2 is 2.17 bits per heavy atom. The maximum absolute atomic E-state index is 10.1. The van der Waals surface area contributed by atoms with Gasteiger partial charge in [0.15, 0.2) is 0 Å². The fourth-order valence-corrected chi connectivity index (χ4v) is 0.846. The summed E-state index contributed by atoms with van der Waals surface area (Å²) in [5, 5.41) is 16.9. The summed E-state index contributed by atoms with van der Waals surface area (Å²) in [6, 6.07) is 0. The van der Waals surface area contributed by atoms with Gasteiger partial charge < -0.3 is 15.1 Å². The molecule has 2 N–H and O–H groups in total. The fourth-order valence-electron chi connectivity index (χ4n) is 0.846. The number of rotatable bonds is 6. The Labute approximate surface area is 72.1 Å². The lowest BCUT2D eigenvalue weighted by atomic mass is 10.4. The molecule has 0 amide bonds. The van der Waals surface area contributed by atoms with Crippen molar-refractivity contribution in [1.29, 1.82) is 0 Å². The van der Waals surface area contributed by atoms with Crippen molar-refractivity contribution >= 4 is 5.97 Å².